The molecule has 0 saturated heterocycles. The molecular formula is C10H15N3O2S. The summed E-state index contributed by atoms with van der Waals surface area (Å²) in [6.07, 6.45) is 4.76. The first-order chi connectivity index (χ1) is 7.63. The van der Waals surface area contributed by atoms with Crippen LogP contribution in [0.3, 0.4) is 0 Å². The number of nitrogens with one attached hydrogen (secondary N) is 1. The number of anilines is 1. The highest BCUT2D eigenvalue weighted by molar-refractivity contribution is 7.98. The number of thioether (sulfide) groups is 1. The average molecular weight is 241 g/mol. The highest BCUT2D eigenvalue weighted by atomic mass is 32.2. The summed E-state index contributed by atoms with van der Waals surface area (Å²) in [7, 11) is 0. The van der Waals surface area contributed by atoms with Gasteiger partial charge in [0.15, 0.2) is 5.69 Å². The molecule has 1 heterocycles. The van der Waals surface area contributed by atoms with Crippen LogP contribution in [-0.4, -0.2) is 39.6 Å². The Morgan fingerprint density at radius 3 is 2.81 bits per heavy atom. The minimum absolute atomic E-state index is 0.0392. The summed E-state index contributed by atoms with van der Waals surface area (Å²) in [5.74, 6) is 1.16. The van der Waals surface area contributed by atoms with E-state index in [0.717, 1.165) is 12.3 Å². The van der Waals surface area contributed by atoms with Crippen LogP contribution >= 0.6 is 11.8 Å². The molecule has 0 amide bonds. The molecule has 0 aromatic carbocycles. The highest BCUT2D eigenvalue weighted by Gasteiger charge is 2.05. The standard InChI is InChI=1S/C10H15N3O2S/c1-7(6-16-2)3-12-9-5-11-8(4-13-9)10(14)15/h4-5,7H,3,6H2,1-2H3,(H,12,13)(H,14,15). The van der Waals surface area contributed by atoms with E-state index in [-0.39, 0.29) is 5.69 Å². The van der Waals surface area contributed by atoms with Crippen molar-refractivity contribution in [3.8, 4) is 0 Å². The number of rotatable bonds is 6. The van der Waals surface area contributed by atoms with Crippen molar-refractivity contribution in [2.24, 2.45) is 5.92 Å². The third-order valence-electron chi connectivity index (χ3n) is 1.95. The molecule has 0 aliphatic carbocycles. The van der Waals surface area contributed by atoms with Crippen molar-refractivity contribution < 1.29 is 9.90 Å². The first-order valence-electron chi connectivity index (χ1n) is 4.91. The summed E-state index contributed by atoms with van der Waals surface area (Å²) in [4.78, 5) is 18.3. The first kappa shape index (κ1) is 12.8. The Kier molecular flexibility index (Phi) is 5.04. The molecule has 1 unspecified atom stereocenters. The summed E-state index contributed by atoms with van der Waals surface area (Å²) in [6.45, 7) is 2.95. The number of carboxylic acid groups (broad SMARTS) is 1. The summed E-state index contributed by atoms with van der Waals surface area (Å²) >= 11 is 1.80. The molecule has 88 valence electrons. The van der Waals surface area contributed by atoms with E-state index in [1.165, 1.54) is 12.4 Å². The summed E-state index contributed by atoms with van der Waals surface area (Å²) in [6, 6.07) is 0. The zero-order valence-electron chi connectivity index (χ0n) is 9.30. The Morgan fingerprint density at radius 1 is 1.56 bits per heavy atom. The van der Waals surface area contributed by atoms with Crippen molar-refractivity contribution in [3.63, 3.8) is 0 Å². The van der Waals surface area contributed by atoms with Crippen LogP contribution in [0.15, 0.2) is 12.4 Å². The van der Waals surface area contributed by atoms with Crippen molar-refractivity contribution in [2.45, 2.75) is 6.92 Å². The number of aromatic carboxylic acids is 1. The van der Waals surface area contributed by atoms with Crippen LogP contribution in [0.4, 0.5) is 5.82 Å². The Morgan fingerprint density at radius 2 is 2.31 bits per heavy atom. The predicted molar refractivity (Wildman–Crippen MR) is 65.0 cm³/mol. The number of carboxylic acids is 1. The maximum atomic E-state index is 10.5. The Labute approximate surface area is 98.7 Å². The lowest BCUT2D eigenvalue weighted by atomic mass is 10.2. The number of carbonyl (C=O) groups is 1. The van der Waals surface area contributed by atoms with Crippen molar-refractivity contribution in [2.75, 3.05) is 23.9 Å². The fourth-order valence-corrected chi connectivity index (χ4v) is 1.84. The topological polar surface area (TPSA) is 75.1 Å². The van der Waals surface area contributed by atoms with Gasteiger partial charge in [0.25, 0.3) is 0 Å². The van der Waals surface area contributed by atoms with Crippen LogP contribution in [0.2, 0.25) is 0 Å². The SMILES string of the molecule is CSCC(C)CNc1cnc(C(=O)O)cn1. The van der Waals surface area contributed by atoms with E-state index < -0.39 is 5.97 Å². The molecule has 16 heavy (non-hydrogen) atoms. The molecule has 1 aromatic rings. The second kappa shape index (κ2) is 6.32. The first-order valence-corrected chi connectivity index (χ1v) is 6.31. The van der Waals surface area contributed by atoms with Gasteiger partial charge in [-0.15, -0.1) is 0 Å². The van der Waals surface area contributed by atoms with E-state index in [4.69, 9.17) is 5.11 Å². The molecule has 0 aliphatic rings. The van der Waals surface area contributed by atoms with Gasteiger partial charge in [0.1, 0.15) is 5.82 Å². The summed E-state index contributed by atoms with van der Waals surface area (Å²) in [5.41, 5.74) is -0.0392. The van der Waals surface area contributed by atoms with Crippen LogP contribution in [0, 0.1) is 5.92 Å². The van der Waals surface area contributed by atoms with Crippen LogP contribution in [0.1, 0.15) is 17.4 Å². The van der Waals surface area contributed by atoms with Gasteiger partial charge in [0.05, 0.1) is 12.4 Å². The van der Waals surface area contributed by atoms with Crippen molar-refractivity contribution in [1.82, 2.24) is 9.97 Å². The second-order valence-electron chi connectivity index (χ2n) is 3.53. The lowest BCUT2D eigenvalue weighted by Gasteiger charge is -2.11. The zero-order valence-corrected chi connectivity index (χ0v) is 10.1. The van der Waals surface area contributed by atoms with Gasteiger partial charge in [0, 0.05) is 6.54 Å². The molecule has 2 N–H and O–H groups in total. The van der Waals surface area contributed by atoms with Gasteiger partial charge >= 0.3 is 5.97 Å². The quantitative estimate of drug-likeness (QED) is 0.787. The molecule has 0 saturated carbocycles. The van der Waals surface area contributed by atoms with Gasteiger partial charge in [-0.1, -0.05) is 6.92 Å². The number of aromatic nitrogens is 2. The number of nitrogens with zero attached hydrogens (tertiary/aromatic N) is 2. The van der Waals surface area contributed by atoms with Gasteiger partial charge in [-0.05, 0) is 17.9 Å². The number of hydrogen-bond donors (Lipinski definition) is 2. The monoisotopic (exact) mass is 241 g/mol. The lowest BCUT2D eigenvalue weighted by molar-refractivity contribution is 0.0690. The highest BCUT2D eigenvalue weighted by Crippen LogP contribution is 2.06. The molecule has 1 aromatic heterocycles. The molecule has 0 bridgehead atoms. The largest absolute Gasteiger partial charge is 0.476 e. The van der Waals surface area contributed by atoms with E-state index in [2.05, 4.69) is 28.5 Å². The smallest absolute Gasteiger partial charge is 0.356 e. The molecule has 1 atom stereocenters. The second-order valence-corrected chi connectivity index (χ2v) is 4.44. The maximum absolute atomic E-state index is 10.5. The predicted octanol–water partition coefficient (Wildman–Crippen LogP) is 1.59. The molecule has 1 rings (SSSR count). The van der Waals surface area contributed by atoms with E-state index in [1.54, 1.807) is 11.8 Å². The zero-order chi connectivity index (χ0) is 12.0. The van der Waals surface area contributed by atoms with Crippen molar-refractivity contribution in [1.29, 1.82) is 0 Å². The summed E-state index contributed by atoms with van der Waals surface area (Å²) in [5, 5.41) is 11.8. The fourth-order valence-electron chi connectivity index (χ4n) is 1.15. The van der Waals surface area contributed by atoms with Crippen LogP contribution in [0.25, 0.3) is 0 Å². The van der Waals surface area contributed by atoms with Crippen LogP contribution in [0.5, 0.6) is 0 Å². The molecule has 5 nitrogen and oxygen atoms in total. The van der Waals surface area contributed by atoms with E-state index >= 15 is 0 Å². The Bertz CT molecular complexity index is 342. The van der Waals surface area contributed by atoms with Gasteiger partial charge in [-0.2, -0.15) is 11.8 Å². The van der Waals surface area contributed by atoms with E-state index in [1.807, 2.05) is 0 Å². The molecule has 0 fully saturated rings. The van der Waals surface area contributed by atoms with Gasteiger partial charge < -0.3 is 10.4 Å². The normalized spacial score (nSPS) is 12.1. The van der Waals surface area contributed by atoms with E-state index in [9.17, 15) is 4.79 Å². The van der Waals surface area contributed by atoms with Crippen molar-refractivity contribution >= 4 is 23.5 Å². The minimum Gasteiger partial charge on any atom is -0.476 e. The molecule has 6 heteroatoms. The fraction of sp³-hybridized carbons (Fsp3) is 0.500. The van der Waals surface area contributed by atoms with Crippen LogP contribution < -0.4 is 5.32 Å². The Hall–Kier alpha value is -1.30. The average Bonchev–Trinajstić information content (AvgIpc) is 2.27. The van der Waals surface area contributed by atoms with Crippen LogP contribution in [-0.2, 0) is 0 Å². The third kappa shape index (κ3) is 4.06. The van der Waals surface area contributed by atoms with Gasteiger partial charge in [-0.3, -0.25) is 0 Å². The number of hydrogen-bond acceptors (Lipinski definition) is 5. The molecule has 0 aliphatic heterocycles. The molecule has 0 spiro atoms. The van der Waals surface area contributed by atoms with Gasteiger partial charge in [0.2, 0.25) is 0 Å². The Balaban J connectivity index is 2.46. The molecular weight excluding hydrogens is 226 g/mol. The van der Waals surface area contributed by atoms with Gasteiger partial charge in [-0.25, -0.2) is 14.8 Å². The van der Waals surface area contributed by atoms with E-state index in [0.29, 0.717) is 11.7 Å². The summed E-state index contributed by atoms with van der Waals surface area (Å²) < 4.78 is 0. The maximum Gasteiger partial charge on any atom is 0.356 e. The molecule has 0 radical (unpaired) electrons. The minimum atomic E-state index is -1.06. The third-order valence-corrected chi connectivity index (χ3v) is 2.86. The lowest BCUT2D eigenvalue weighted by Crippen LogP contribution is -2.14. The van der Waals surface area contributed by atoms with Crippen molar-refractivity contribution in [3.05, 3.63) is 18.1 Å².